The van der Waals surface area contributed by atoms with E-state index in [4.69, 9.17) is 32.7 Å². The van der Waals surface area contributed by atoms with Gasteiger partial charge in [-0.1, -0.05) is 34.5 Å². The third-order valence-corrected chi connectivity index (χ3v) is 5.34. The average molecular weight is 439 g/mol. The number of carbonyl (C=O) groups is 2. The van der Waals surface area contributed by atoms with Crippen LogP contribution in [0.3, 0.4) is 0 Å². The second-order valence-corrected chi connectivity index (χ2v) is 7.53. The molecular weight excluding hydrogens is 423 g/mol. The molecule has 1 amide bonds. The van der Waals surface area contributed by atoms with Gasteiger partial charge >= 0.3 is 5.97 Å². The van der Waals surface area contributed by atoms with E-state index < -0.39 is 11.9 Å². The van der Waals surface area contributed by atoms with Gasteiger partial charge in [0.1, 0.15) is 12.3 Å². The molecule has 1 aromatic heterocycles. The Bertz CT molecular complexity index is 1120. The number of ether oxygens (including phenoxy) is 2. The number of amides is 1. The summed E-state index contributed by atoms with van der Waals surface area (Å²) >= 11 is 13.3. The van der Waals surface area contributed by atoms with E-state index >= 15 is 0 Å². The van der Waals surface area contributed by atoms with Gasteiger partial charge in [-0.3, -0.25) is 9.59 Å². The van der Waals surface area contributed by atoms with Gasteiger partial charge in [0.25, 0.3) is 5.91 Å². The van der Waals surface area contributed by atoms with Crippen molar-refractivity contribution in [3.05, 3.63) is 56.8 Å². The molecule has 28 heavy (non-hydrogen) atoms. The Morgan fingerprint density at radius 1 is 1.14 bits per heavy atom. The maximum Gasteiger partial charge on any atom is 0.326 e. The lowest BCUT2D eigenvalue weighted by atomic mass is 10.2. The first-order valence-electron chi connectivity index (χ1n) is 8.30. The molecule has 9 heteroatoms. The van der Waals surface area contributed by atoms with Crippen LogP contribution in [-0.2, 0) is 16.1 Å². The van der Waals surface area contributed by atoms with Gasteiger partial charge < -0.3 is 14.0 Å². The molecule has 0 aliphatic heterocycles. The summed E-state index contributed by atoms with van der Waals surface area (Å²) in [5.74, 6) is -0.597. The summed E-state index contributed by atoms with van der Waals surface area (Å²) in [5, 5.41) is 0.938. The molecule has 0 saturated carbocycles. The fraction of sp³-hybridized carbons (Fsp3) is 0.211. The predicted octanol–water partition coefficient (Wildman–Crippen LogP) is 4.32. The number of hydrogen-bond acceptors (Lipinski definition) is 5. The Hall–Kier alpha value is -2.35. The molecule has 0 bridgehead atoms. The third-order valence-electron chi connectivity index (χ3n) is 3.83. The van der Waals surface area contributed by atoms with Gasteiger partial charge in [-0.05, 0) is 43.3 Å². The van der Waals surface area contributed by atoms with Gasteiger partial charge in [-0.2, -0.15) is 4.99 Å². The number of esters is 1. The number of carbonyl (C=O) groups excluding carboxylic acids is 2. The van der Waals surface area contributed by atoms with Crippen LogP contribution in [0.1, 0.15) is 17.3 Å². The molecule has 6 nitrogen and oxygen atoms in total. The van der Waals surface area contributed by atoms with Crippen molar-refractivity contribution < 1.29 is 19.1 Å². The number of fused-ring (bicyclic) bond motifs is 1. The van der Waals surface area contributed by atoms with Crippen LogP contribution < -0.4 is 9.54 Å². The van der Waals surface area contributed by atoms with E-state index in [1.165, 1.54) is 24.5 Å². The zero-order valence-electron chi connectivity index (χ0n) is 15.1. The maximum absolute atomic E-state index is 12.8. The lowest BCUT2D eigenvalue weighted by Gasteiger charge is -2.06. The molecule has 0 atom stereocenters. The number of benzene rings is 2. The van der Waals surface area contributed by atoms with Crippen molar-refractivity contribution in [3.63, 3.8) is 0 Å². The number of methoxy groups -OCH3 is 1. The molecule has 0 unspecified atom stereocenters. The standard InChI is InChI=1S/C19H16Cl2N2O4S/c1-3-27-17(24)10-23-14-6-4-12(21)9-16(14)28-19(23)22-18(25)13-8-11(20)5-7-15(13)26-2/h4-9H,3,10H2,1-2H3. The fourth-order valence-electron chi connectivity index (χ4n) is 2.62. The number of thiazole rings is 1. The molecule has 2 aromatic carbocycles. The van der Waals surface area contributed by atoms with E-state index in [9.17, 15) is 9.59 Å². The molecule has 1 heterocycles. The Labute approximate surface area is 174 Å². The highest BCUT2D eigenvalue weighted by atomic mass is 35.5. The van der Waals surface area contributed by atoms with Crippen LogP contribution >= 0.6 is 34.5 Å². The molecule has 0 saturated heterocycles. The van der Waals surface area contributed by atoms with Gasteiger partial charge in [0.05, 0.1) is 29.5 Å². The van der Waals surface area contributed by atoms with Crippen LogP contribution in [0.4, 0.5) is 0 Å². The quantitative estimate of drug-likeness (QED) is 0.556. The number of nitrogens with zero attached hydrogens (tertiary/aromatic N) is 2. The second-order valence-electron chi connectivity index (χ2n) is 5.65. The summed E-state index contributed by atoms with van der Waals surface area (Å²) in [4.78, 5) is 29.4. The Morgan fingerprint density at radius 2 is 1.86 bits per heavy atom. The van der Waals surface area contributed by atoms with E-state index in [1.807, 2.05) is 0 Å². The number of hydrogen-bond donors (Lipinski definition) is 0. The largest absolute Gasteiger partial charge is 0.496 e. The van der Waals surface area contributed by atoms with Crippen molar-refractivity contribution in [1.29, 1.82) is 0 Å². The summed E-state index contributed by atoms with van der Waals surface area (Å²) in [6, 6.07) is 9.96. The molecule has 0 aliphatic rings. The highest BCUT2D eigenvalue weighted by Gasteiger charge is 2.16. The zero-order valence-corrected chi connectivity index (χ0v) is 17.4. The summed E-state index contributed by atoms with van der Waals surface area (Å²) in [7, 11) is 1.46. The molecule has 146 valence electrons. The topological polar surface area (TPSA) is 69.9 Å². The summed E-state index contributed by atoms with van der Waals surface area (Å²) in [6.45, 7) is 1.92. The predicted molar refractivity (Wildman–Crippen MR) is 109 cm³/mol. The Morgan fingerprint density at radius 3 is 2.57 bits per heavy atom. The van der Waals surface area contributed by atoms with E-state index in [0.717, 1.165) is 10.2 Å². The van der Waals surface area contributed by atoms with Crippen molar-refractivity contribution >= 4 is 56.6 Å². The van der Waals surface area contributed by atoms with Crippen molar-refractivity contribution in [2.45, 2.75) is 13.5 Å². The molecule has 0 radical (unpaired) electrons. The minimum absolute atomic E-state index is 0.0751. The van der Waals surface area contributed by atoms with E-state index in [-0.39, 0.29) is 18.7 Å². The van der Waals surface area contributed by atoms with E-state index in [0.29, 0.717) is 20.6 Å². The first-order valence-corrected chi connectivity index (χ1v) is 9.87. The van der Waals surface area contributed by atoms with Crippen molar-refractivity contribution in [2.24, 2.45) is 4.99 Å². The smallest absolute Gasteiger partial charge is 0.326 e. The molecule has 3 aromatic rings. The van der Waals surface area contributed by atoms with Crippen LogP contribution in [0.15, 0.2) is 41.4 Å². The Kier molecular flexibility index (Phi) is 6.39. The number of aromatic nitrogens is 1. The molecular formula is C19H16Cl2N2O4S. The van der Waals surface area contributed by atoms with Crippen molar-refractivity contribution in [2.75, 3.05) is 13.7 Å². The van der Waals surface area contributed by atoms with Crippen LogP contribution in [0.25, 0.3) is 10.2 Å². The van der Waals surface area contributed by atoms with Crippen LogP contribution in [-0.4, -0.2) is 30.2 Å². The normalized spacial score (nSPS) is 11.6. The first kappa shape index (κ1) is 20.4. The van der Waals surface area contributed by atoms with E-state index in [1.54, 1.807) is 41.8 Å². The van der Waals surface area contributed by atoms with Gasteiger partial charge in [0.2, 0.25) is 0 Å². The number of halogens is 2. The maximum atomic E-state index is 12.8. The lowest BCUT2D eigenvalue weighted by Crippen LogP contribution is -2.23. The van der Waals surface area contributed by atoms with Crippen LogP contribution in [0, 0.1) is 0 Å². The highest BCUT2D eigenvalue weighted by Crippen LogP contribution is 2.24. The minimum atomic E-state index is -0.533. The summed E-state index contributed by atoms with van der Waals surface area (Å²) in [6.07, 6.45) is 0. The van der Waals surface area contributed by atoms with Crippen molar-refractivity contribution in [1.82, 2.24) is 4.57 Å². The summed E-state index contributed by atoms with van der Waals surface area (Å²) in [5.41, 5.74) is 0.959. The zero-order chi connectivity index (χ0) is 20.3. The Balaban J connectivity index is 2.14. The summed E-state index contributed by atoms with van der Waals surface area (Å²) < 4.78 is 12.7. The van der Waals surface area contributed by atoms with Crippen LogP contribution in [0.5, 0.6) is 5.75 Å². The lowest BCUT2D eigenvalue weighted by molar-refractivity contribution is -0.143. The SMILES string of the molecule is CCOC(=O)Cn1c(=NC(=O)c2cc(Cl)ccc2OC)sc2cc(Cl)ccc21. The molecule has 0 N–H and O–H groups in total. The highest BCUT2D eigenvalue weighted by molar-refractivity contribution is 7.16. The third kappa shape index (κ3) is 4.38. The molecule has 3 rings (SSSR count). The molecule has 0 aliphatic carbocycles. The van der Waals surface area contributed by atoms with Gasteiger partial charge in [-0.15, -0.1) is 0 Å². The monoisotopic (exact) mass is 438 g/mol. The second kappa shape index (κ2) is 8.77. The molecule has 0 fully saturated rings. The van der Waals surface area contributed by atoms with Crippen molar-refractivity contribution in [3.8, 4) is 5.75 Å². The van der Waals surface area contributed by atoms with Gasteiger partial charge in [-0.25, -0.2) is 0 Å². The number of rotatable bonds is 5. The fourth-order valence-corrected chi connectivity index (χ4v) is 4.09. The van der Waals surface area contributed by atoms with Gasteiger partial charge in [0.15, 0.2) is 4.80 Å². The van der Waals surface area contributed by atoms with Gasteiger partial charge in [0, 0.05) is 10.0 Å². The molecule has 0 spiro atoms. The first-order chi connectivity index (χ1) is 13.4. The average Bonchev–Trinajstić information content (AvgIpc) is 2.97. The minimum Gasteiger partial charge on any atom is -0.496 e. The van der Waals surface area contributed by atoms with E-state index in [2.05, 4.69) is 4.99 Å². The van der Waals surface area contributed by atoms with Crippen LogP contribution in [0.2, 0.25) is 10.0 Å².